The van der Waals surface area contributed by atoms with Crippen LogP contribution in [0, 0.1) is 0 Å². The number of rotatable bonds is 3. The van der Waals surface area contributed by atoms with Gasteiger partial charge in [0, 0.05) is 13.6 Å². The van der Waals surface area contributed by atoms with Gasteiger partial charge >= 0.3 is 6.03 Å². The minimum absolute atomic E-state index is 0.492. The molecule has 0 aliphatic carbocycles. The van der Waals surface area contributed by atoms with Gasteiger partial charge in [-0.25, -0.2) is 9.52 Å². The van der Waals surface area contributed by atoms with E-state index in [1.165, 1.54) is 11.9 Å². The highest BCUT2D eigenvalue weighted by atomic mass is 32.2. The molecule has 0 radical (unpaired) electrons. The van der Waals surface area contributed by atoms with Crippen LogP contribution in [0.25, 0.3) is 0 Å². The van der Waals surface area contributed by atoms with Gasteiger partial charge in [0.1, 0.15) is 0 Å². The Kier molecular flexibility index (Phi) is 3.29. The highest BCUT2D eigenvalue weighted by molar-refractivity contribution is 7.87. The first-order chi connectivity index (χ1) is 6.46. The van der Waals surface area contributed by atoms with E-state index in [1.54, 1.807) is 0 Å². The zero-order valence-electron chi connectivity index (χ0n) is 7.86. The molecule has 1 aliphatic heterocycles. The summed E-state index contributed by atoms with van der Waals surface area (Å²) in [6, 6.07) is -0.605. The Bertz CT molecular complexity index is 315. The topological polar surface area (TPSA) is 105 Å². The van der Waals surface area contributed by atoms with Crippen molar-refractivity contribution in [2.24, 2.45) is 5.73 Å². The molecule has 0 bridgehead atoms. The molecule has 1 aliphatic rings. The van der Waals surface area contributed by atoms with Crippen molar-refractivity contribution >= 4 is 16.2 Å². The minimum atomic E-state index is -3.52. The Morgan fingerprint density at radius 1 is 1.57 bits per heavy atom. The molecule has 0 aromatic rings. The summed E-state index contributed by atoms with van der Waals surface area (Å²) in [7, 11) is -2.22. The number of likely N-dealkylation sites (tertiary alicyclic amines) is 1. The van der Waals surface area contributed by atoms with Crippen LogP contribution in [0.3, 0.4) is 0 Å². The van der Waals surface area contributed by atoms with Crippen molar-refractivity contribution in [3.8, 4) is 0 Å². The molecule has 1 saturated heterocycles. The standard InChI is InChI=1S/C6H14N4O3S/c1-8-14(12,13)9-5-3-2-4-10(5)6(7)11/h5,8-9H,2-4H2,1H3,(H2,7,11). The summed E-state index contributed by atoms with van der Waals surface area (Å²) < 4.78 is 26.7. The van der Waals surface area contributed by atoms with E-state index in [4.69, 9.17) is 5.73 Å². The van der Waals surface area contributed by atoms with E-state index >= 15 is 0 Å². The van der Waals surface area contributed by atoms with Gasteiger partial charge in [-0.3, -0.25) is 0 Å². The van der Waals surface area contributed by atoms with Crippen molar-refractivity contribution in [3.63, 3.8) is 0 Å². The maximum atomic E-state index is 11.1. The maximum Gasteiger partial charge on any atom is 0.316 e. The lowest BCUT2D eigenvalue weighted by Gasteiger charge is -2.22. The van der Waals surface area contributed by atoms with Gasteiger partial charge in [-0.15, -0.1) is 0 Å². The number of primary amides is 1. The van der Waals surface area contributed by atoms with E-state index in [0.717, 1.165) is 6.42 Å². The average Bonchev–Trinajstić information content (AvgIpc) is 2.51. The summed E-state index contributed by atoms with van der Waals surface area (Å²) >= 11 is 0. The molecule has 1 fully saturated rings. The van der Waals surface area contributed by atoms with Crippen molar-refractivity contribution in [2.45, 2.75) is 19.0 Å². The van der Waals surface area contributed by atoms with Crippen LogP contribution in [0.4, 0.5) is 4.79 Å². The van der Waals surface area contributed by atoms with Crippen molar-refractivity contribution in [1.29, 1.82) is 0 Å². The van der Waals surface area contributed by atoms with Crippen LogP contribution in [0.15, 0.2) is 0 Å². The van der Waals surface area contributed by atoms with Gasteiger partial charge in [-0.1, -0.05) is 0 Å². The Morgan fingerprint density at radius 2 is 2.21 bits per heavy atom. The van der Waals surface area contributed by atoms with E-state index in [-0.39, 0.29) is 0 Å². The Morgan fingerprint density at radius 3 is 2.71 bits per heavy atom. The van der Waals surface area contributed by atoms with Crippen LogP contribution in [-0.4, -0.2) is 39.1 Å². The van der Waals surface area contributed by atoms with Crippen molar-refractivity contribution < 1.29 is 13.2 Å². The van der Waals surface area contributed by atoms with Crippen LogP contribution < -0.4 is 15.2 Å². The third-order valence-electron chi connectivity index (χ3n) is 2.10. The van der Waals surface area contributed by atoms with Crippen LogP contribution in [-0.2, 0) is 10.2 Å². The summed E-state index contributed by atoms with van der Waals surface area (Å²) in [5.74, 6) is 0. The van der Waals surface area contributed by atoms with Crippen LogP contribution in [0.1, 0.15) is 12.8 Å². The van der Waals surface area contributed by atoms with Gasteiger partial charge in [0.15, 0.2) is 0 Å². The number of nitrogens with zero attached hydrogens (tertiary/aromatic N) is 1. The molecule has 1 atom stereocenters. The van der Waals surface area contributed by atoms with Gasteiger partial charge < -0.3 is 10.6 Å². The van der Waals surface area contributed by atoms with Crippen molar-refractivity contribution in [2.75, 3.05) is 13.6 Å². The number of carbonyl (C=O) groups is 1. The second-order valence-corrected chi connectivity index (χ2v) is 4.67. The van der Waals surface area contributed by atoms with Gasteiger partial charge in [0.25, 0.3) is 10.2 Å². The molecule has 1 heterocycles. The van der Waals surface area contributed by atoms with E-state index < -0.39 is 22.4 Å². The molecule has 2 amide bonds. The molecule has 0 aromatic carbocycles. The molecule has 1 rings (SSSR count). The number of nitrogens with one attached hydrogen (secondary N) is 2. The molecule has 0 spiro atoms. The zero-order chi connectivity index (χ0) is 10.8. The van der Waals surface area contributed by atoms with E-state index in [0.29, 0.717) is 13.0 Å². The van der Waals surface area contributed by atoms with Gasteiger partial charge in [-0.05, 0) is 12.8 Å². The maximum absolute atomic E-state index is 11.1. The smallest absolute Gasteiger partial charge is 0.316 e. The first kappa shape index (κ1) is 11.2. The highest BCUT2D eigenvalue weighted by Gasteiger charge is 2.29. The lowest BCUT2D eigenvalue weighted by Crippen LogP contribution is -2.51. The van der Waals surface area contributed by atoms with Gasteiger partial charge in [-0.2, -0.15) is 13.1 Å². The average molecular weight is 222 g/mol. The lowest BCUT2D eigenvalue weighted by atomic mass is 10.3. The molecule has 8 heteroatoms. The first-order valence-electron chi connectivity index (χ1n) is 4.23. The molecular formula is C6H14N4O3S. The van der Waals surface area contributed by atoms with Crippen LogP contribution in [0.2, 0.25) is 0 Å². The molecule has 14 heavy (non-hydrogen) atoms. The Hall–Kier alpha value is -0.860. The Balaban J connectivity index is 2.65. The number of urea groups is 1. The second kappa shape index (κ2) is 4.11. The summed E-state index contributed by atoms with van der Waals surface area (Å²) in [6.07, 6.45) is 0.814. The SMILES string of the molecule is CNS(=O)(=O)NC1CCCN1C(N)=O. The van der Waals surface area contributed by atoms with E-state index in [2.05, 4.69) is 9.44 Å². The van der Waals surface area contributed by atoms with Crippen molar-refractivity contribution in [1.82, 2.24) is 14.3 Å². The molecule has 0 aromatic heterocycles. The van der Waals surface area contributed by atoms with Crippen LogP contribution >= 0.6 is 0 Å². The highest BCUT2D eigenvalue weighted by Crippen LogP contribution is 2.14. The minimum Gasteiger partial charge on any atom is -0.351 e. The number of carbonyl (C=O) groups excluding carboxylic acids is 1. The molecule has 82 valence electrons. The third-order valence-corrected chi connectivity index (χ3v) is 3.22. The lowest BCUT2D eigenvalue weighted by molar-refractivity contribution is 0.199. The van der Waals surface area contributed by atoms with Crippen molar-refractivity contribution in [3.05, 3.63) is 0 Å². The predicted octanol–water partition coefficient (Wildman–Crippen LogP) is -1.46. The molecule has 1 unspecified atom stereocenters. The first-order valence-corrected chi connectivity index (χ1v) is 5.71. The quantitative estimate of drug-likeness (QED) is 0.543. The molecule has 4 N–H and O–H groups in total. The van der Waals surface area contributed by atoms with Gasteiger partial charge in [0.05, 0.1) is 6.17 Å². The number of nitrogens with two attached hydrogens (primary N) is 1. The predicted molar refractivity (Wildman–Crippen MR) is 50.4 cm³/mol. The summed E-state index contributed by atoms with van der Waals surface area (Å²) in [5.41, 5.74) is 5.08. The Labute approximate surface area is 82.8 Å². The summed E-state index contributed by atoms with van der Waals surface area (Å²) in [4.78, 5) is 12.2. The fourth-order valence-corrected chi connectivity index (χ4v) is 2.11. The molecule has 7 nitrogen and oxygen atoms in total. The summed E-state index contributed by atoms with van der Waals surface area (Å²) in [6.45, 7) is 0.492. The monoisotopic (exact) mass is 222 g/mol. The molecule has 0 saturated carbocycles. The molecular weight excluding hydrogens is 208 g/mol. The summed E-state index contributed by atoms with van der Waals surface area (Å²) in [5, 5.41) is 0. The van der Waals surface area contributed by atoms with Gasteiger partial charge in [0.2, 0.25) is 0 Å². The number of hydrogen-bond acceptors (Lipinski definition) is 3. The number of amides is 2. The largest absolute Gasteiger partial charge is 0.351 e. The zero-order valence-corrected chi connectivity index (χ0v) is 8.67. The second-order valence-electron chi connectivity index (χ2n) is 3.02. The van der Waals surface area contributed by atoms with E-state index in [9.17, 15) is 13.2 Å². The fraction of sp³-hybridized carbons (Fsp3) is 0.833. The third kappa shape index (κ3) is 2.56. The van der Waals surface area contributed by atoms with Crippen LogP contribution in [0.5, 0.6) is 0 Å². The van der Waals surface area contributed by atoms with E-state index in [1.807, 2.05) is 0 Å². The fourth-order valence-electron chi connectivity index (χ4n) is 1.39. The normalized spacial score (nSPS) is 22.6. The number of hydrogen-bond donors (Lipinski definition) is 3.